The Labute approximate surface area is 151 Å². The van der Waals surface area contributed by atoms with E-state index in [1.54, 1.807) is 35.2 Å². The zero-order chi connectivity index (χ0) is 18.3. The molecule has 0 saturated carbocycles. The maximum absolute atomic E-state index is 13.1. The zero-order valence-corrected chi connectivity index (χ0v) is 14.9. The van der Waals surface area contributed by atoms with Gasteiger partial charge in [-0.2, -0.15) is 0 Å². The molecule has 2 amide bonds. The minimum absolute atomic E-state index is 0.330. The lowest BCUT2D eigenvalue weighted by atomic mass is 10.1. The van der Waals surface area contributed by atoms with Crippen molar-refractivity contribution in [2.75, 3.05) is 23.1 Å². The number of anilines is 1. The Kier molecular flexibility index (Phi) is 4.03. The van der Waals surface area contributed by atoms with Crippen molar-refractivity contribution in [3.8, 4) is 0 Å². The van der Waals surface area contributed by atoms with Gasteiger partial charge in [0, 0.05) is 17.8 Å². The Bertz CT molecular complexity index is 972. The number of hydrogen-bond acceptors (Lipinski definition) is 4. The monoisotopic (exact) mass is 370 g/mol. The Morgan fingerprint density at radius 2 is 1.65 bits per heavy atom. The van der Waals surface area contributed by atoms with Gasteiger partial charge in [-0.1, -0.05) is 36.4 Å². The fourth-order valence-corrected chi connectivity index (χ4v) is 5.21. The number of rotatable bonds is 2. The summed E-state index contributed by atoms with van der Waals surface area (Å²) in [6, 6.07) is 15.0. The van der Waals surface area contributed by atoms with Gasteiger partial charge in [0.1, 0.15) is 11.9 Å². The van der Waals surface area contributed by atoms with Crippen molar-refractivity contribution < 1.29 is 18.0 Å². The Balaban J connectivity index is 1.66. The molecule has 0 spiro atoms. The average Bonchev–Trinajstić information content (AvgIpc) is 3.22. The van der Waals surface area contributed by atoms with Crippen LogP contribution >= 0.6 is 0 Å². The van der Waals surface area contributed by atoms with Crippen LogP contribution in [0.3, 0.4) is 0 Å². The number of carbonyl (C=O) groups excluding carboxylic acids is 2. The van der Waals surface area contributed by atoms with Gasteiger partial charge in [0.2, 0.25) is 0 Å². The lowest BCUT2D eigenvalue weighted by Gasteiger charge is -2.27. The first-order valence-corrected chi connectivity index (χ1v) is 10.2. The first-order chi connectivity index (χ1) is 12.5. The third-order valence-corrected chi connectivity index (χ3v) is 6.34. The molecule has 0 unspecified atom stereocenters. The van der Waals surface area contributed by atoms with E-state index in [0.717, 1.165) is 17.7 Å². The Morgan fingerprint density at radius 1 is 0.962 bits per heavy atom. The maximum atomic E-state index is 13.1. The van der Waals surface area contributed by atoms with Crippen LogP contribution in [0.4, 0.5) is 5.69 Å². The summed E-state index contributed by atoms with van der Waals surface area (Å²) in [7, 11) is -3.49. The average molecular weight is 370 g/mol. The van der Waals surface area contributed by atoms with E-state index in [1.165, 1.54) is 4.90 Å². The maximum Gasteiger partial charge on any atom is 0.255 e. The molecule has 7 heteroatoms. The molecule has 6 nitrogen and oxygen atoms in total. The highest BCUT2D eigenvalue weighted by atomic mass is 32.2. The van der Waals surface area contributed by atoms with Gasteiger partial charge in [-0.3, -0.25) is 9.59 Å². The molecular weight excluding hydrogens is 352 g/mol. The van der Waals surface area contributed by atoms with Gasteiger partial charge in [-0.25, -0.2) is 8.42 Å². The highest BCUT2D eigenvalue weighted by Gasteiger charge is 2.45. The van der Waals surface area contributed by atoms with Crippen LogP contribution in [0.25, 0.3) is 0 Å². The van der Waals surface area contributed by atoms with Crippen LogP contribution in [0.15, 0.2) is 54.6 Å². The summed E-state index contributed by atoms with van der Waals surface area (Å²) < 4.78 is 24.4. The van der Waals surface area contributed by atoms with Crippen molar-refractivity contribution in [3.05, 3.63) is 65.7 Å². The number of sulfone groups is 1. The molecule has 0 aliphatic carbocycles. The SMILES string of the molecule is O=C([C@@H]1CS(=O)(=O)CN1C(=O)c1ccccc1)N1CCc2ccccc21. The number of carbonyl (C=O) groups is 2. The van der Waals surface area contributed by atoms with Crippen LogP contribution in [0.2, 0.25) is 0 Å². The van der Waals surface area contributed by atoms with Gasteiger partial charge >= 0.3 is 0 Å². The molecule has 1 saturated heterocycles. The van der Waals surface area contributed by atoms with Crippen LogP contribution in [-0.2, 0) is 21.1 Å². The van der Waals surface area contributed by atoms with Crippen molar-refractivity contribution >= 4 is 27.3 Å². The number of hydrogen-bond donors (Lipinski definition) is 0. The summed E-state index contributed by atoms with van der Waals surface area (Å²) >= 11 is 0. The topological polar surface area (TPSA) is 74.8 Å². The largest absolute Gasteiger partial charge is 0.311 e. The quantitative estimate of drug-likeness (QED) is 0.802. The number of amides is 2. The predicted molar refractivity (Wildman–Crippen MR) is 97.6 cm³/mol. The van der Waals surface area contributed by atoms with Gasteiger partial charge in [0.25, 0.3) is 11.8 Å². The molecular formula is C19H18N2O4S. The number of fused-ring (bicyclic) bond motifs is 1. The van der Waals surface area contributed by atoms with E-state index in [-0.39, 0.29) is 11.7 Å². The van der Waals surface area contributed by atoms with Crippen LogP contribution in [-0.4, -0.2) is 49.3 Å². The standard InChI is InChI=1S/C19H18N2O4S/c22-18(15-7-2-1-3-8-15)21-13-26(24,25)12-17(21)19(23)20-11-10-14-6-4-5-9-16(14)20/h1-9,17H,10-13H2/t17-/m0/s1. The van der Waals surface area contributed by atoms with Crippen molar-refractivity contribution in [3.63, 3.8) is 0 Å². The second kappa shape index (κ2) is 6.25. The Hall–Kier alpha value is -2.67. The van der Waals surface area contributed by atoms with Crippen molar-refractivity contribution in [1.82, 2.24) is 4.90 Å². The molecule has 2 heterocycles. The second-order valence-electron chi connectivity index (χ2n) is 6.56. The third-order valence-electron chi connectivity index (χ3n) is 4.84. The summed E-state index contributed by atoms with van der Waals surface area (Å²) in [6.07, 6.45) is 0.730. The molecule has 0 aromatic heterocycles. The van der Waals surface area contributed by atoms with Crippen LogP contribution < -0.4 is 4.90 Å². The molecule has 134 valence electrons. The highest BCUT2D eigenvalue weighted by molar-refractivity contribution is 7.91. The van der Waals surface area contributed by atoms with Crippen molar-refractivity contribution in [1.29, 1.82) is 0 Å². The van der Waals surface area contributed by atoms with Crippen LogP contribution in [0.1, 0.15) is 15.9 Å². The van der Waals surface area contributed by atoms with Gasteiger partial charge in [0.15, 0.2) is 9.84 Å². The molecule has 2 aromatic carbocycles. The number of benzene rings is 2. The summed E-state index contributed by atoms with van der Waals surface area (Å²) in [5, 5.41) is 0. The van der Waals surface area contributed by atoms with E-state index in [0.29, 0.717) is 12.1 Å². The van der Waals surface area contributed by atoms with Gasteiger partial charge < -0.3 is 9.80 Å². The molecule has 26 heavy (non-hydrogen) atoms. The molecule has 2 aliphatic rings. The molecule has 1 fully saturated rings. The highest BCUT2D eigenvalue weighted by Crippen LogP contribution is 2.30. The van der Waals surface area contributed by atoms with E-state index >= 15 is 0 Å². The predicted octanol–water partition coefficient (Wildman–Crippen LogP) is 1.47. The van der Waals surface area contributed by atoms with Crippen LogP contribution in [0, 0.1) is 0 Å². The normalized spacial score (nSPS) is 20.8. The lowest BCUT2D eigenvalue weighted by Crippen LogP contribution is -2.48. The molecule has 0 radical (unpaired) electrons. The van der Waals surface area contributed by atoms with Crippen molar-refractivity contribution in [2.45, 2.75) is 12.5 Å². The molecule has 0 bridgehead atoms. The van der Waals surface area contributed by atoms with E-state index < -0.39 is 27.7 Å². The summed E-state index contributed by atoms with van der Waals surface area (Å²) in [6.45, 7) is 0.502. The third kappa shape index (κ3) is 2.88. The lowest BCUT2D eigenvalue weighted by molar-refractivity contribution is -0.121. The van der Waals surface area contributed by atoms with Gasteiger partial charge in [0.05, 0.1) is 5.75 Å². The van der Waals surface area contributed by atoms with Crippen LogP contribution in [0.5, 0.6) is 0 Å². The first-order valence-electron chi connectivity index (χ1n) is 8.42. The molecule has 0 N–H and O–H groups in total. The molecule has 4 rings (SSSR count). The van der Waals surface area contributed by atoms with E-state index in [1.807, 2.05) is 24.3 Å². The smallest absolute Gasteiger partial charge is 0.255 e. The number of nitrogens with zero attached hydrogens (tertiary/aromatic N) is 2. The van der Waals surface area contributed by atoms with E-state index in [9.17, 15) is 18.0 Å². The summed E-state index contributed by atoms with van der Waals surface area (Å²) in [4.78, 5) is 28.7. The van der Waals surface area contributed by atoms with Crippen molar-refractivity contribution in [2.24, 2.45) is 0 Å². The summed E-state index contributed by atoms with van der Waals surface area (Å²) in [5.74, 6) is -1.52. The molecule has 1 atom stereocenters. The van der Waals surface area contributed by atoms with E-state index in [2.05, 4.69) is 0 Å². The zero-order valence-electron chi connectivity index (χ0n) is 14.0. The van der Waals surface area contributed by atoms with Gasteiger partial charge in [-0.15, -0.1) is 0 Å². The minimum Gasteiger partial charge on any atom is -0.311 e. The second-order valence-corrected chi connectivity index (χ2v) is 8.64. The fourth-order valence-electron chi connectivity index (χ4n) is 3.58. The molecule has 2 aromatic rings. The minimum atomic E-state index is -3.49. The van der Waals surface area contributed by atoms with Gasteiger partial charge in [-0.05, 0) is 30.2 Å². The fraction of sp³-hybridized carbons (Fsp3) is 0.263. The molecule has 2 aliphatic heterocycles. The Morgan fingerprint density at radius 3 is 2.42 bits per heavy atom. The first kappa shape index (κ1) is 16.8. The van der Waals surface area contributed by atoms with E-state index in [4.69, 9.17) is 0 Å². The summed E-state index contributed by atoms with van der Waals surface area (Å²) in [5.41, 5.74) is 2.24. The number of para-hydroxylation sites is 1.